The molecule has 0 aliphatic rings. The van der Waals surface area contributed by atoms with Gasteiger partial charge in [-0.2, -0.15) is 0 Å². The summed E-state index contributed by atoms with van der Waals surface area (Å²) in [6, 6.07) is 11.9. The summed E-state index contributed by atoms with van der Waals surface area (Å²) < 4.78 is 7.11. The van der Waals surface area contributed by atoms with E-state index in [1.54, 1.807) is 49.4 Å². The number of amides is 1. The van der Waals surface area contributed by atoms with Crippen molar-refractivity contribution in [1.29, 1.82) is 0 Å². The number of hydrogen-bond acceptors (Lipinski definition) is 5. The summed E-state index contributed by atoms with van der Waals surface area (Å²) in [6.07, 6.45) is 0. The van der Waals surface area contributed by atoms with Gasteiger partial charge in [0.05, 0.1) is 23.2 Å². The number of rotatable bonds is 7. The molecule has 0 spiro atoms. The fraction of sp³-hybridized carbons (Fsp3) is 0.227. The third-order valence-corrected chi connectivity index (χ3v) is 4.26. The van der Waals surface area contributed by atoms with Crippen molar-refractivity contribution in [3.63, 3.8) is 0 Å². The van der Waals surface area contributed by atoms with Gasteiger partial charge in [0.1, 0.15) is 18.2 Å². The van der Waals surface area contributed by atoms with Gasteiger partial charge in [0.25, 0.3) is 11.5 Å². The van der Waals surface area contributed by atoms with Gasteiger partial charge in [0.2, 0.25) is 0 Å². The van der Waals surface area contributed by atoms with Crippen molar-refractivity contribution >= 4 is 16.8 Å². The Bertz CT molecular complexity index is 1130. The van der Waals surface area contributed by atoms with Gasteiger partial charge in [-0.25, -0.2) is 4.98 Å². The fourth-order valence-electron chi connectivity index (χ4n) is 2.93. The molecule has 2 N–H and O–H groups in total. The minimum atomic E-state index is -0.323. The summed E-state index contributed by atoms with van der Waals surface area (Å²) in [5, 5.41) is 11.9. The molecule has 1 heterocycles. The second-order valence-corrected chi connectivity index (χ2v) is 6.75. The standard InChI is InChI=1S/C22H23N3O4/c1-14(2)13-29-18-7-8-20-19(12-18)22(28)25(15(3)24-20)17-6-4-5-16(11-17)21(27)23-9-10-26/h4-8,11-12,26H,1,9-10,13H2,2-3H3,(H,23,27). The van der Waals surface area contributed by atoms with Gasteiger partial charge < -0.3 is 15.2 Å². The molecule has 7 heteroatoms. The van der Waals surface area contributed by atoms with Crippen molar-refractivity contribution in [2.24, 2.45) is 0 Å². The molecule has 0 saturated heterocycles. The molecule has 0 radical (unpaired) electrons. The van der Waals surface area contributed by atoms with E-state index in [1.807, 2.05) is 6.92 Å². The van der Waals surface area contributed by atoms with E-state index in [9.17, 15) is 9.59 Å². The van der Waals surface area contributed by atoms with Crippen molar-refractivity contribution in [2.45, 2.75) is 13.8 Å². The number of aliphatic hydroxyl groups is 1. The van der Waals surface area contributed by atoms with Crippen molar-refractivity contribution in [2.75, 3.05) is 19.8 Å². The van der Waals surface area contributed by atoms with Crippen molar-refractivity contribution in [3.8, 4) is 11.4 Å². The number of aryl methyl sites for hydroxylation is 1. The molecule has 0 fully saturated rings. The molecule has 0 unspecified atom stereocenters. The van der Waals surface area contributed by atoms with Crippen LogP contribution in [0.2, 0.25) is 0 Å². The summed E-state index contributed by atoms with van der Waals surface area (Å²) in [5.41, 5.74) is 2.12. The van der Waals surface area contributed by atoms with E-state index in [0.717, 1.165) is 5.57 Å². The molecule has 0 atom stereocenters. The molecule has 0 aliphatic carbocycles. The number of aliphatic hydroxyl groups excluding tert-OH is 1. The lowest BCUT2D eigenvalue weighted by Crippen LogP contribution is -2.27. The highest BCUT2D eigenvalue weighted by Crippen LogP contribution is 2.19. The van der Waals surface area contributed by atoms with Crippen molar-refractivity contribution in [1.82, 2.24) is 14.9 Å². The lowest BCUT2D eigenvalue weighted by Gasteiger charge is -2.13. The van der Waals surface area contributed by atoms with Gasteiger partial charge in [-0.3, -0.25) is 14.2 Å². The largest absolute Gasteiger partial charge is 0.489 e. The van der Waals surface area contributed by atoms with Crippen LogP contribution in [0.25, 0.3) is 16.6 Å². The zero-order valence-corrected chi connectivity index (χ0v) is 16.4. The Hall–Kier alpha value is -3.45. The van der Waals surface area contributed by atoms with Crippen molar-refractivity contribution in [3.05, 3.63) is 76.4 Å². The van der Waals surface area contributed by atoms with E-state index in [2.05, 4.69) is 16.9 Å². The van der Waals surface area contributed by atoms with Crippen LogP contribution in [0.5, 0.6) is 5.75 Å². The summed E-state index contributed by atoms with van der Waals surface area (Å²) in [7, 11) is 0. The van der Waals surface area contributed by atoms with Crippen LogP contribution >= 0.6 is 0 Å². The maximum atomic E-state index is 13.2. The van der Waals surface area contributed by atoms with Gasteiger partial charge in [-0.05, 0) is 55.8 Å². The second kappa shape index (κ2) is 8.70. The first-order valence-corrected chi connectivity index (χ1v) is 9.21. The molecule has 0 aliphatic heterocycles. The first-order valence-electron chi connectivity index (χ1n) is 9.21. The Balaban J connectivity index is 2.06. The Morgan fingerprint density at radius 3 is 2.79 bits per heavy atom. The molecule has 1 amide bonds. The van der Waals surface area contributed by atoms with Gasteiger partial charge in [-0.1, -0.05) is 12.6 Å². The van der Waals surface area contributed by atoms with Crippen LogP contribution in [-0.4, -0.2) is 40.3 Å². The van der Waals surface area contributed by atoms with E-state index in [1.165, 1.54) is 4.57 Å². The van der Waals surface area contributed by atoms with E-state index >= 15 is 0 Å². The molecule has 1 aromatic heterocycles. The highest BCUT2D eigenvalue weighted by atomic mass is 16.5. The highest BCUT2D eigenvalue weighted by Gasteiger charge is 2.13. The van der Waals surface area contributed by atoms with Crippen LogP contribution < -0.4 is 15.6 Å². The maximum Gasteiger partial charge on any atom is 0.266 e. The number of ether oxygens (including phenoxy) is 1. The van der Waals surface area contributed by atoms with Crippen LogP contribution in [-0.2, 0) is 0 Å². The highest BCUT2D eigenvalue weighted by molar-refractivity contribution is 5.94. The van der Waals surface area contributed by atoms with Gasteiger partial charge >= 0.3 is 0 Å². The minimum absolute atomic E-state index is 0.144. The fourth-order valence-corrected chi connectivity index (χ4v) is 2.93. The number of nitrogens with zero attached hydrogens (tertiary/aromatic N) is 2. The SMILES string of the molecule is C=C(C)COc1ccc2nc(C)n(-c3cccc(C(=O)NCCO)c3)c(=O)c2c1. The Morgan fingerprint density at radius 2 is 2.07 bits per heavy atom. The number of aromatic nitrogens is 2. The van der Waals surface area contributed by atoms with Crippen LogP contribution in [0.1, 0.15) is 23.1 Å². The first-order chi connectivity index (χ1) is 13.9. The van der Waals surface area contributed by atoms with E-state index in [4.69, 9.17) is 9.84 Å². The lowest BCUT2D eigenvalue weighted by atomic mass is 10.1. The smallest absolute Gasteiger partial charge is 0.266 e. The molecular formula is C22H23N3O4. The summed E-state index contributed by atoms with van der Waals surface area (Å²) in [4.78, 5) is 29.9. The van der Waals surface area contributed by atoms with Crippen LogP contribution in [0.4, 0.5) is 0 Å². The topological polar surface area (TPSA) is 93.5 Å². The number of fused-ring (bicyclic) bond motifs is 1. The predicted octanol–water partition coefficient (Wildman–Crippen LogP) is 2.37. The minimum Gasteiger partial charge on any atom is -0.489 e. The van der Waals surface area contributed by atoms with Gasteiger partial charge in [0.15, 0.2) is 0 Å². The Kier molecular flexibility index (Phi) is 6.09. The molecule has 150 valence electrons. The third kappa shape index (κ3) is 4.52. The predicted molar refractivity (Wildman–Crippen MR) is 112 cm³/mol. The zero-order chi connectivity index (χ0) is 21.0. The average Bonchev–Trinajstić information content (AvgIpc) is 2.71. The van der Waals surface area contributed by atoms with Crippen LogP contribution in [0.3, 0.4) is 0 Å². The van der Waals surface area contributed by atoms with Gasteiger partial charge in [-0.15, -0.1) is 0 Å². The normalized spacial score (nSPS) is 10.7. The average molecular weight is 393 g/mol. The second-order valence-electron chi connectivity index (χ2n) is 6.75. The molecule has 0 bridgehead atoms. The summed E-state index contributed by atoms with van der Waals surface area (Å²) in [5.74, 6) is 0.744. The third-order valence-electron chi connectivity index (χ3n) is 4.26. The number of carbonyl (C=O) groups is 1. The van der Waals surface area contributed by atoms with E-state index < -0.39 is 0 Å². The van der Waals surface area contributed by atoms with E-state index in [0.29, 0.717) is 40.3 Å². The van der Waals surface area contributed by atoms with Crippen molar-refractivity contribution < 1.29 is 14.6 Å². The number of benzene rings is 2. The molecular weight excluding hydrogens is 370 g/mol. The molecule has 29 heavy (non-hydrogen) atoms. The van der Waals surface area contributed by atoms with Crippen LogP contribution in [0, 0.1) is 6.92 Å². The number of nitrogens with one attached hydrogen (secondary N) is 1. The number of carbonyl (C=O) groups excluding carboxylic acids is 1. The Labute approximate surface area is 168 Å². The first kappa shape index (κ1) is 20.3. The molecule has 0 saturated carbocycles. The molecule has 3 rings (SSSR count). The Morgan fingerprint density at radius 1 is 1.28 bits per heavy atom. The lowest BCUT2D eigenvalue weighted by molar-refractivity contribution is 0.0944. The quantitative estimate of drug-likeness (QED) is 0.601. The molecule has 3 aromatic rings. The summed E-state index contributed by atoms with van der Waals surface area (Å²) >= 11 is 0. The molecule has 2 aromatic carbocycles. The summed E-state index contributed by atoms with van der Waals surface area (Å²) in [6.45, 7) is 7.79. The maximum absolute atomic E-state index is 13.2. The number of hydrogen-bond donors (Lipinski definition) is 2. The van der Waals surface area contributed by atoms with Gasteiger partial charge in [0, 0.05) is 12.1 Å². The van der Waals surface area contributed by atoms with Crippen LogP contribution in [0.15, 0.2) is 59.4 Å². The monoisotopic (exact) mass is 393 g/mol. The molecule has 7 nitrogen and oxygen atoms in total. The zero-order valence-electron chi connectivity index (χ0n) is 16.4. The van der Waals surface area contributed by atoms with E-state index in [-0.39, 0.29) is 24.6 Å².